The highest BCUT2D eigenvalue weighted by Gasteiger charge is 2.39. The van der Waals surface area contributed by atoms with Crippen LogP contribution in [0.2, 0.25) is 0 Å². The van der Waals surface area contributed by atoms with Gasteiger partial charge in [0.25, 0.3) is 0 Å². The van der Waals surface area contributed by atoms with Crippen LogP contribution < -0.4 is 5.73 Å². The number of nitrogens with zero attached hydrogens (tertiary/aromatic N) is 1. The predicted molar refractivity (Wildman–Crippen MR) is 54.5 cm³/mol. The molecule has 13 heavy (non-hydrogen) atoms. The van der Waals surface area contributed by atoms with Gasteiger partial charge in [0.2, 0.25) is 0 Å². The van der Waals surface area contributed by atoms with Crippen molar-refractivity contribution in [1.82, 2.24) is 4.90 Å². The van der Waals surface area contributed by atoms with Gasteiger partial charge in [0.15, 0.2) is 0 Å². The minimum Gasteiger partial charge on any atom is -0.354 e. The van der Waals surface area contributed by atoms with Gasteiger partial charge < -0.3 is 15.4 Å². The van der Waals surface area contributed by atoms with Gasteiger partial charge in [-0.2, -0.15) is 0 Å². The molecule has 1 atom stereocenters. The first-order chi connectivity index (χ1) is 6.20. The quantitative estimate of drug-likeness (QED) is 0.607. The predicted octanol–water partition coefficient (Wildman–Crippen LogP) is 1.18. The van der Waals surface area contributed by atoms with Gasteiger partial charge in [-0.05, 0) is 25.9 Å². The summed E-state index contributed by atoms with van der Waals surface area (Å²) in [5.41, 5.74) is 5.57. The maximum absolute atomic E-state index is 5.84. The van der Waals surface area contributed by atoms with Crippen LogP contribution in [0.3, 0.4) is 0 Å². The van der Waals surface area contributed by atoms with Crippen LogP contribution in [0.5, 0.6) is 0 Å². The Kier molecular flexibility index (Phi) is 4.16. The Labute approximate surface area is 81.2 Å². The van der Waals surface area contributed by atoms with Crippen molar-refractivity contribution >= 4 is 0 Å². The van der Waals surface area contributed by atoms with Crippen LogP contribution in [0.25, 0.3) is 0 Å². The minimum absolute atomic E-state index is 0.264. The number of rotatable bonds is 7. The molecule has 0 amide bonds. The standard InChI is InChI=1S/C10H22N2O/c1-3-6-12(7-4-2)8-5-10(11)9-13-10/h3-9,11H2,1-2H3. The summed E-state index contributed by atoms with van der Waals surface area (Å²) in [7, 11) is 0. The first-order valence-electron chi connectivity index (χ1n) is 5.35. The lowest BCUT2D eigenvalue weighted by molar-refractivity contribution is 0.221. The van der Waals surface area contributed by atoms with E-state index >= 15 is 0 Å². The molecule has 1 aliphatic rings. The molecule has 2 N–H and O–H groups in total. The van der Waals surface area contributed by atoms with E-state index in [4.69, 9.17) is 10.5 Å². The molecule has 1 heterocycles. The van der Waals surface area contributed by atoms with E-state index in [1.54, 1.807) is 0 Å². The van der Waals surface area contributed by atoms with Crippen LogP contribution in [0, 0.1) is 0 Å². The second kappa shape index (κ2) is 4.94. The van der Waals surface area contributed by atoms with Crippen LogP contribution in [0.4, 0.5) is 0 Å². The van der Waals surface area contributed by atoms with Crippen molar-refractivity contribution in [2.75, 3.05) is 26.2 Å². The Morgan fingerprint density at radius 2 is 1.77 bits per heavy atom. The van der Waals surface area contributed by atoms with Gasteiger partial charge >= 0.3 is 0 Å². The molecule has 1 rings (SSSR count). The van der Waals surface area contributed by atoms with Gasteiger partial charge in [-0.15, -0.1) is 0 Å². The molecule has 1 unspecified atom stereocenters. The minimum atomic E-state index is -0.264. The lowest BCUT2D eigenvalue weighted by Crippen LogP contribution is -2.33. The fraction of sp³-hybridized carbons (Fsp3) is 1.00. The van der Waals surface area contributed by atoms with Crippen LogP contribution in [0.1, 0.15) is 33.1 Å². The number of hydrogen-bond acceptors (Lipinski definition) is 3. The molecule has 0 bridgehead atoms. The SMILES string of the molecule is CCCN(CCC)CCC1(N)CO1. The molecule has 0 spiro atoms. The Morgan fingerprint density at radius 3 is 2.15 bits per heavy atom. The van der Waals surface area contributed by atoms with Crippen molar-refractivity contribution in [2.45, 2.75) is 38.8 Å². The van der Waals surface area contributed by atoms with E-state index in [2.05, 4.69) is 18.7 Å². The fourth-order valence-electron chi connectivity index (χ4n) is 1.55. The van der Waals surface area contributed by atoms with E-state index in [1.165, 1.54) is 25.9 Å². The van der Waals surface area contributed by atoms with Crippen molar-refractivity contribution in [3.63, 3.8) is 0 Å². The Balaban J connectivity index is 2.13. The van der Waals surface area contributed by atoms with Crippen molar-refractivity contribution in [2.24, 2.45) is 5.73 Å². The summed E-state index contributed by atoms with van der Waals surface area (Å²) in [5.74, 6) is 0. The van der Waals surface area contributed by atoms with Gasteiger partial charge in [-0.3, -0.25) is 0 Å². The van der Waals surface area contributed by atoms with Crippen molar-refractivity contribution < 1.29 is 4.74 Å². The summed E-state index contributed by atoms with van der Waals surface area (Å²) in [5, 5.41) is 0. The van der Waals surface area contributed by atoms with Gasteiger partial charge in [0, 0.05) is 13.0 Å². The molecule has 3 heteroatoms. The lowest BCUT2D eigenvalue weighted by atomic mass is 10.2. The molecule has 1 aliphatic heterocycles. The summed E-state index contributed by atoms with van der Waals surface area (Å²) < 4.78 is 5.15. The second-order valence-electron chi connectivity index (χ2n) is 3.95. The monoisotopic (exact) mass is 186 g/mol. The first kappa shape index (κ1) is 11.0. The highest BCUT2D eigenvalue weighted by Crippen LogP contribution is 2.23. The van der Waals surface area contributed by atoms with E-state index in [-0.39, 0.29) is 5.72 Å². The molecule has 0 aliphatic carbocycles. The molecule has 78 valence electrons. The van der Waals surface area contributed by atoms with Gasteiger partial charge in [0.05, 0.1) is 6.61 Å². The smallest absolute Gasteiger partial charge is 0.141 e. The van der Waals surface area contributed by atoms with Gasteiger partial charge in [-0.25, -0.2) is 0 Å². The normalized spacial score (nSPS) is 26.8. The van der Waals surface area contributed by atoms with E-state index in [1.807, 2.05) is 0 Å². The molecule has 0 aromatic carbocycles. The van der Waals surface area contributed by atoms with Crippen LogP contribution in [0.15, 0.2) is 0 Å². The Bertz CT molecular complexity index is 140. The molecule has 1 fully saturated rings. The van der Waals surface area contributed by atoms with Crippen molar-refractivity contribution in [3.8, 4) is 0 Å². The average Bonchev–Trinajstić information content (AvgIpc) is 2.82. The molecule has 0 aromatic rings. The fourth-order valence-corrected chi connectivity index (χ4v) is 1.55. The third kappa shape index (κ3) is 4.07. The van der Waals surface area contributed by atoms with Crippen molar-refractivity contribution in [3.05, 3.63) is 0 Å². The maximum Gasteiger partial charge on any atom is 0.141 e. The van der Waals surface area contributed by atoms with E-state index in [0.29, 0.717) is 0 Å². The first-order valence-corrected chi connectivity index (χ1v) is 5.35. The molecule has 0 saturated carbocycles. The maximum atomic E-state index is 5.84. The van der Waals surface area contributed by atoms with Gasteiger partial charge in [0.1, 0.15) is 5.72 Å². The second-order valence-corrected chi connectivity index (χ2v) is 3.95. The van der Waals surface area contributed by atoms with E-state index < -0.39 is 0 Å². The van der Waals surface area contributed by atoms with Crippen LogP contribution in [-0.4, -0.2) is 36.9 Å². The van der Waals surface area contributed by atoms with E-state index in [0.717, 1.165) is 19.6 Å². The third-order valence-electron chi connectivity index (χ3n) is 2.45. The Hall–Kier alpha value is -0.120. The lowest BCUT2D eigenvalue weighted by Gasteiger charge is -2.21. The van der Waals surface area contributed by atoms with E-state index in [9.17, 15) is 0 Å². The number of ether oxygens (including phenoxy) is 1. The van der Waals surface area contributed by atoms with Crippen molar-refractivity contribution in [1.29, 1.82) is 0 Å². The Morgan fingerprint density at radius 1 is 1.23 bits per heavy atom. The highest BCUT2D eigenvalue weighted by atomic mass is 16.6. The summed E-state index contributed by atoms with van der Waals surface area (Å²) >= 11 is 0. The van der Waals surface area contributed by atoms with Crippen LogP contribution in [-0.2, 0) is 4.74 Å². The zero-order chi connectivity index (χ0) is 9.73. The zero-order valence-electron chi connectivity index (χ0n) is 8.88. The average molecular weight is 186 g/mol. The summed E-state index contributed by atoms with van der Waals surface area (Å²) in [4.78, 5) is 2.47. The third-order valence-corrected chi connectivity index (χ3v) is 2.45. The molecule has 3 nitrogen and oxygen atoms in total. The summed E-state index contributed by atoms with van der Waals surface area (Å²) in [6, 6.07) is 0. The summed E-state index contributed by atoms with van der Waals surface area (Å²) in [6.07, 6.45) is 3.42. The van der Waals surface area contributed by atoms with Gasteiger partial charge in [-0.1, -0.05) is 13.8 Å². The molecular formula is C10H22N2O. The molecule has 1 saturated heterocycles. The topological polar surface area (TPSA) is 41.8 Å². The molecular weight excluding hydrogens is 164 g/mol. The summed E-state index contributed by atoms with van der Waals surface area (Å²) in [6.45, 7) is 8.63. The number of nitrogens with two attached hydrogens (primary N) is 1. The van der Waals surface area contributed by atoms with Crippen LogP contribution >= 0.6 is 0 Å². The molecule has 0 aromatic heterocycles. The number of hydrogen-bond donors (Lipinski definition) is 1. The highest BCUT2D eigenvalue weighted by molar-refractivity contribution is 4.85. The molecule has 0 radical (unpaired) electrons. The largest absolute Gasteiger partial charge is 0.354 e. The number of epoxide rings is 1. The zero-order valence-corrected chi connectivity index (χ0v) is 8.88.